The van der Waals surface area contributed by atoms with Crippen LogP contribution in [0, 0.1) is 0 Å². The quantitative estimate of drug-likeness (QED) is 0.512. The minimum absolute atomic E-state index is 0.105. The number of anilines is 2. The van der Waals surface area contributed by atoms with Gasteiger partial charge in [-0.05, 0) is 37.5 Å². The number of nitrogens with one attached hydrogen (secondary N) is 1. The SMILES string of the molecule is CC(=O)N(c1ccc(Cl)c(C(=O)Nc2cccc3c4c(oc23)CCCC4)c1Cl)N1CCOCC1. The van der Waals surface area contributed by atoms with E-state index >= 15 is 0 Å². The van der Waals surface area contributed by atoms with E-state index in [9.17, 15) is 9.59 Å². The molecule has 1 saturated heterocycles. The number of benzene rings is 2. The first-order valence-electron chi connectivity index (χ1n) is 11.4. The molecule has 5 rings (SSSR count). The molecule has 1 aliphatic heterocycles. The second kappa shape index (κ2) is 9.58. The van der Waals surface area contributed by atoms with E-state index in [1.165, 1.54) is 17.5 Å². The fraction of sp³-hybridized carbons (Fsp3) is 0.360. The Kier molecular flexibility index (Phi) is 6.53. The van der Waals surface area contributed by atoms with Gasteiger partial charge in [-0.3, -0.25) is 9.59 Å². The summed E-state index contributed by atoms with van der Waals surface area (Å²) >= 11 is 13.1. The minimum Gasteiger partial charge on any atom is -0.459 e. The molecule has 0 radical (unpaired) electrons. The van der Waals surface area contributed by atoms with Crippen LogP contribution in [0.2, 0.25) is 10.0 Å². The Morgan fingerprint density at radius 1 is 1.06 bits per heavy atom. The maximum Gasteiger partial charge on any atom is 0.258 e. The van der Waals surface area contributed by atoms with Gasteiger partial charge in [-0.2, -0.15) is 0 Å². The maximum atomic E-state index is 13.4. The van der Waals surface area contributed by atoms with Gasteiger partial charge in [0.2, 0.25) is 5.91 Å². The van der Waals surface area contributed by atoms with Crippen LogP contribution in [0.15, 0.2) is 34.7 Å². The third kappa shape index (κ3) is 4.18. The van der Waals surface area contributed by atoms with Crippen molar-refractivity contribution in [1.29, 1.82) is 0 Å². The number of furan rings is 1. The second-order valence-electron chi connectivity index (χ2n) is 8.50. The van der Waals surface area contributed by atoms with Crippen molar-refractivity contribution in [2.24, 2.45) is 0 Å². The van der Waals surface area contributed by atoms with E-state index in [4.69, 9.17) is 32.4 Å². The standard InChI is InChI=1S/C25H25Cl2N3O4/c1-15(31)30(29-11-13-33-14-12-29)20-10-9-18(26)22(23(20)27)25(32)28-19-7-4-6-17-16-5-2-3-8-21(16)34-24(17)19/h4,6-7,9-10H,2-3,5,8,11-14H2,1H3,(H,28,32). The lowest BCUT2D eigenvalue weighted by Crippen LogP contribution is -2.51. The van der Waals surface area contributed by atoms with Crippen LogP contribution in [0.1, 0.15) is 41.4 Å². The fourth-order valence-electron chi connectivity index (χ4n) is 4.75. The average molecular weight is 502 g/mol. The average Bonchev–Trinajstić information content (AvgIpc) is 3.21. The summed E-state index contributed by atoms with van der Waals surface area (Å²) in [6, 6.07) is 8.96. The molecule has 0 atom stereocenters. The van der Waals surface area contributed by atoms with Crippen molar-refractivity contribution in [3.05, 3.63) is 57.3 Å². The van der Waals surface area contributed by atoms with E-state index in [0.717, 1.165) is 36.8 Å². The van der Waals surface area contributed by atoms with Gasteiger partial charge in [0, 0.05) is 37.4 Å². The molecule has 9 heteroatoms. The summed E-state index contributed by atoms with van der Waals surface area (Å²) in [6.45, 7) is 3.52. The van der Waals surface area contributed by atoms with Crippen molar-refractivity contribution in [1.82, 2.24) is 5.01 Å². The molecule has 2 amide bonds. The van der Waals surface area contributed by atoms with Gasteiger partial charge in [0.1, 0.15) is 5.76 Å². The highest BCUT2D eigenvalue weighted by molar-refractivity contribution is 6.42. The molecule has 1 N–H and O–H groups in total. The summed E-state index contributed by atoms with van der Waals surface area (Å²) in [4.78, 5) is 25.9. The number of ether oxygens (including phenoxy) is 1. The van der Waals surface area contributed by atoms with E-state index < -0.39 is 5.91 Å². The smallest absolute Gasteiger partial charge is 0.258 e. The Hall–Kier alpha value is -2.58. The molecule has 1 aromatic heterocycles. The van der Waals surface area contributed by atoms with E-state index in [1.54, 1.807) is 18.2 Å². The highest BCUT2D eigenvalue weighted by atomic mass is 35.5. The van der Waals surface area contributed by atoms with Gasteiger partial charge in [0.05, 0.1) is 40.2 Å². The summed E-state index contributed by atoms with van der Waals surface area (Å²) in [5, 5.41) is 7.60. The Balaban J connectivity index is 1.50. The predicted molar refractivity (Wildman–Crippen MR) is 133 cm³/mol. The molecule has 2 aliphatic rings. The Morgan fingerprint density at radius 2 is 1.82 bits per heavy atom. The van der Waals surface area contributed by atoms with Crippen molar-refractivity contribution < 1.29 is 18.7 Å². The molecule has 1 aliphatic carbocycles. The van der Waals surface area contributed by atoms with Crippen LogP contribution in [0.5, 0.6) is 0 Å². The van der Waals surface area contributed by atoms with Crippen LogP contribution in [-0.4, -0.2) is 43.1 Å². The topological polar surface area (TPSA) is 75.0 Å². The summed E-state index contributed by atoms with van der Waals surface area (Å²) in [5.74, 6) is 0.302. The summed E-state index contributed by atoms with van der Waals surface area (Å²) in [6.07, 6.45) is 4.11. The van der Waals surface area contributed by atoms with Crippen LogP contribution in [0.25, 0.3) is 11.0 Å². The van der Waals surface area contributed by atoms with Crippen LogP contribution in [0.4, 0.5) is 11.4 Å². The zero-order chi connectivity index (χ0) is 23.8. The monoisotopic (exact) mass is 501 g/mol. The Bertz CT molecular complexity index is 1270. The van der Waals surface area contributed by atoms with Crippen LogP contribution < -0.4 is 10.3 Å². The number of fused-ring (bicyclic) bond motifs is 3. The Labute approximate surface area is 207 Å². The van der Waals surface area contributed by atoms with E-state index in [0.29, 0.717) is 43.3 Å². The molecule has 2 heterocycles. The first kappa shape index (κ1) is 23.2. The number of nitrogens with zero attached hydrogens (tertiary/aromatic N) is 2. The van der Waals surface area contributed by atoms with Gasteiger partial charge in [-0.15, -0.1) is 0 Å². The number of carbonyl (C=O) groups is 2. The van der Waals surface area contributed by atoms with E-state index in [2.05, 4.69) is 5.32 Å². The molecule has 0 spiro atoms. The summed E-state index contributed by atoms with van der Waals surface area (Å²) < 4.78 is 11.5. The number of rotatable bonds is 4. The number of morpholine rings is 1. The van der Waals surface area contributed by atoms with Crippen molar-refractivity contribution >= 4 is 57.4 Å². The highest BCUT2D eigenvalue weighted by Gasteiger charge is 2.28. The molecular formula is C25H25Cl2N3O4. The van der Waals surface area contributed by atoms with Gasteiger partial charge in [0.25, 0.3) is 5.91 Å². The number of halogens is 2. The van der Waals surface area contributed by atoms with Gasteiger partial charge in [-0.25, -0.2) is 10.0 Å². The molecule has 1 fully saturated rings. The Morgan fingerprint density at radius 3 is 2.59 bits per heavy atom. The van der Waals surface area contributed by atoms with Gasteiger partial charge in [0.15, 0.2) is 5.58 Å². The number of aryl methyl sites for hydroxylation is 2. The number of hydrazine groups is 1. The molecule has 0 bridgehead atoms. The third-order valence-corrected chi connectivity index (χ3v) is 7.02. The highest BCUT2D eigenvalue weighted by Crippen LogP contribution is 2.38. The molecular weight excluding hydrogens is 477 g/mol. The second-order valence-corrected chi connectivity index (χ2v) is 9.28. The zero-order valence-corrected chi connectivity index (χ0v) is 20.3. The first-order chi connectivity index (χ1) is 16.5. The number of carbonyl (C=O) groups excluding carboxylic acids is 2. The maximum absolute atomic E-state index is 13.4. The summed E-state index contributed by atoms with van der Waals surface area (Å²) in [5.41, 5.74) is 2.94. The molecule has 0 saturated carbocycles. The van der Waals surface area contributed by atoms with Crippen molar-refractivity contribution in [2.75, 3.05) is 36.6 Å². The lowest BCUT2D eigenvalue weighted by Gasteiger charge is -2.37. The van der Waals surface area contributed by atoms with E-state index in [-0.39, 0.29) is 21.5 Å². The van der Waals surface area contributed by atoms with Crippen molar-refractivity contribution in [3.63, 3.8) is 0 Å². The zero-order valence-electron chi connectivity index (χ0n) is 18.8. The molecule has 7 nitrogen and oxygen atoms in total. The molecule has 2 aromatic carbocycles. The van der Waals surface area contributed by atoms with Crippen LogP contribution in [-0.2, 0) is 22.4 Å². The van der Waals surface area contributed by atoms with Crippen molar-refractivity contribution in [2.45, 2.75) is 32.6 Å². The van der Waals surface area contributed by atoms with Gasteiger partial charge >= 0.3 is 0 Å². The van der Waals surface area contributed by atoms with E-state index in [1.807, 2.05) is 17.1 Å². The lowest BCUT2D eigenvalue weighted by atomic mass is 9.96. The number of amides is 2. The van der Waals surface area contributed by atoms with Gasteiger partial charge < -0.3 is 14.5 Å². The van der Waals surface area contributed by atoms with Crippen molar-refractivity contribution in [3.8, 4) is 0 Å². The number of hydrogen-bond donors (Lipinski definition) is 1. The third-order valence-electron chi connectivity index (χ3n) is 6.33. The first-order valence-corrected chi connectivity index (χ1v) is 12.2. The molecule has 34 heavy (non-hydrogen) atoms. The summed E-state index contributed by atoms with van der Waals surface area (Å²) in [7, 11) is 0. The van der Waals surface area contributed by atoms with Crippen LogP contribution >= 0.6 is 23.2 Å². The lowest BCUT2D eigenvalue weighted by molar-refractivity contribution is -0.120. The predicted octanol–water partition coefficient (Wildman–Crippen LogP) is 5.47. The molecule has 178 valence electrons. The molecule has 3 aromatic rings. The van der Waals surface area contributed by atoms with Gasteiger partial charge in [-0.1, -0.05) is 35.3 Å². The molecule has 0 unspecified atom stereocenters. The number of hydrogen-bond acceptors (Lipinski definition) is 5. The minimum atomic E-state index is -0.468. The van der Waals surface area contributed by atoms with Crippen LogP contribution in [0.3, 0.4) is 0 Å². The number of para-hydroxylation sites is 1. The normalized spacial score (nSPS) is 16.3. The fourth-order valence-corrected chi connectivity index (χ4v) is 5.38. The largest absolute Gasteiger partial charge is 0.459 e.